The standard InChI is InChI=1S/C17H18N4O3/c1-10-7-11(2)19-16(23)12(10)8-18-15(22)9-21-14-6-4-3-5-13(14)20-17(21)24/h3-7H,8-9H2,1-2H3,(H,18,22)(H,19,23)(H,20,24). The Morgan fingerprint density at radius 2 is 1.92 bits per heavy atom. The highest BCUT2D eigenvalue weighted by Gasteiger charge is 2.11. The molecule has 3 aromatic rings. The third-order valence-electron chi connectivity index (χ3n) is 3.94. The van der Waals surface area contributed by atoms with Gasteiger partial charge in [-0.3, -0.25) is 14.2 Å². The second-order valence-corrected chi connectivity index (χ2v) is 5.75. The summed E-state index contributed by atoms with van der Waals surface area (Å²) < 4.78 is 1.37. The lowest BCUT2D eigenvalue weighted by atomic mass is 10.1. The number of nitrogens with one attached hydrogen (secondary N) is 3. The number of benzene rings is 1. The maximum absolute atomic E-state index is 12.2. The van der Waals surface area contributed by atoms with Gasteiger partial charge in [0.1, 0.15) is 6.54 Å². The van der Waals surface area contributed by atoms with Crippen LogP contribution in [0.3, 0.4) is 0 Å². The van der Waals surface area contributed by atoms with Crippen LogP contribution >= 0.6 is 0 Å². The number of aromatic nitrogens is 3. The molecule has 7 heteroatoms. The minimum absolute atomic E-state index is 0.105. The van der Waals surface area contributed by atoms with Crippen molar-refractivity contribution in [1.29, 1.82) is 0 Å². The Balaban J connectivity index is 1.76. The number of hydrogen-bond acceptors (Lipinski definition) is 3. The lowest BCUT2D eigenvalue weighted by molar-refractivity contribution is -0.121. The van der Waals surface area contributed by atoms with E-state index in [1.165, 1.54) is 4.57 Å². The molecule has 24 heavy (non-hydrogen) atoms. The molecular formula is C17H18N4O3. The zero-order valence-electron chi connectivity index (χ0n) is 13.5. The molecule has 0 spiro atoms. The number of aryl methyl sites for hydroxylation is 2. The second-order valence-electron chi connectivity index (χ2n) is 5.75. The van der Waals surface area contributed by atoms with Crippen molar-refractivity contribution < 1.29 is 4.79 Å². The van der Waals surface area contributed by atoms with Gasteiger partial charge in [0.25, 0.3) is 5.56 Å². The minimum atomic E-state index is -0.337. The van der Waals surface area contributed by atoms with Crippen LogP contribution in [0.4, 0.5) is 0 Å². The number of pyridine rings is 1. The Labute approximate surface area is 137 Å². The molecule has 0 fully saturated rings. The van der Waals surface area contributed by atoms with Crippen molar-refractivity contribution in [1.82, 2.24) is 19.9 Å². The number of amides is 1. The quantitative estimate of drug-likeness (QED) is 0.665. The number of fused-ring (bicyclic) bond motifs is 1. The highest BCUT2D eigenvalue weighted by atomic mass is 16.2. The fraction of sp³-hybridized carbons (Fsp3) is 0.235. The number of para-hydroxylation sites is 2. The van der Waals surface area contributed by atoms with Crippen molar-refractivity contribution in [2.24, 2.45) is 0 Å². The van der Waals surface area contributed by atoms with Gasteiger partial charge in [0, 0.05) is 17.8 Å². The summed E-state index contributed by atoms with van der Waals surface area (Å²) in [7, 11) is 0. The van der Waals surface area contributed by atoms with E-state index in [1.807, 2.05) is 19.1 Å². The third-order valence-corrected chi connectivity index (χ3v) is 3.94. The second kappa shape index (κ2) is 6.19. The van der Waals surface area contributed by atoms with E-state index in [1.54, 1.807) is 25.1 Å². The van der Waals surface area contributed by atoms with E-state index in [-0.39, 0.29) is 30.2 Å². The number of hydrogen-bond donors (Lipinski definition) is 3. The average molecular weight is 326 g/mol. The van der Waals surface area contributed by atoms with Gasteiger partial charge in [0.05, 0.1) is 11.0 Å². The molecule has 2 aromatic heterocycles. The summed E-state index contributed by atoms with van der Waals surface area (Å²) in [6.07, 6.45) is 0. The summed E-state index contributed by atoms with van der Waals surface area (Å²) in [5.74, 6) is -0.332. The summed E-state index contributed by atoms with van der Waals surface area (Å²) in [6, 6.07) is 9.02. The first-order valence-electron chi connectivity index (χ1n) is 7.59. The van der Waals surface area contributed by atoms with Crippen molar-refractivity contribution in [3.63, 3.8) is 0 Å². The molecule has 0 aliphatic heterocycles. The molecule has 3 rings (SSSR count). The third kappa shape index (κ3) is 3.01. The predicted molar refractivity (Wildman–Crippen MR) is 90.9 cm³/mol. The van der Waals surface area contributed by atoms with Crippen molar-refractivity contribution in [2.45, 2.75) is 26.9 Å². The molecule has 2 heterocycles. The molecule has 0 atom stereocenters. The number of imidazole rings is 1. The van der Waals surface area contributed by atoms with Gasteiger partial charge in [-0.1, -0.05) is 12.1 Å². The highest BCUT2D eigenvalue weighted by molar-refractivity contribution is 5.80. The van der Waals surface area contributed by atoms with Gasteiger partial charge in [-0.05, 0) is 37.6 Å². The Morgan fingerprint density at radius 1 is 1.17 bits per heavy atom. The number of rotatable bonds is 4. The van der Waals surface area contributed by atoms with Crippen LogP contribution in [-0.2, 0) is 17.9 Å². The highest BCUT2D eigenvalue weighted by Crippen LogP contribution is 2.08. The Kier molecular flexibility index (Phi) is 4.07. The van der Waals surface area contributed by atoms with Crippen LogP contribution in [0.2, 0.25) is 0 Å². The van der Waals surface area contributed by atoms with Gasteiger partial charge in [-0.15, -0.1) is 0 Å². The summed E-state index contributed by atoms with van der Waals surface area (Å²) >= 11 is 0. The monoisotopic (exact) mass is 326 g/mol. The molecule has 0 radical (unpaired) electrons. The van der Waals surface area contributed by atoms with E-state index >= 15 is 0 Å². The van der Waals surface area contributed by atoms with Crippen LogP contribution in [0, 0.1) is 13.8 Å². The maximum Gasteiger partial charge on any atom is 0.326 e. The van der Waals surface area contributed by atoms with E-state index < -0.39 is 0 Å². The Bertz CT molecular complexity index is 1030. The molecule has 0 saturated heterocycles. The van der Waals surface area contributed by atoms with Gasteiger partial charge in [-0.2, -0.15) is 0 Å². The molecule has 0 saturated carbocycles. The molecular weight excluding hydrogens is 308 g/mol. The normalized spacial score (nSPS) is 10.9. The first-order valence-corrected chi connectivity index (χ1v) is 7.59. The summed E-state index contributed by atoms with van der Waals surface area (Å²) in [4.78, 5) is 41.5. The average Bonchev–Trinajstić information content (AvgIpc) is 2.82. The van der Waals surface area contributed by atoms with Crippen LogP contribution in [-0.4, -0.2) is 20.4 Å². The molecule has 7 nitrogen and oxygen atoms in total. The van der Waals surface area contributed by atoms with E-state index in [0.29, 0.717) is 16.6 Å². The first-order chi connectivity index (χ1) is 11.5. The first kappa shape index (κ1) is 15.8. The Hall–Kier alpha value is -3.09. The summed E-state index contributed by atoms with van der Waals surface area (Å²) in [6.45, 7) is 3.65. The SMILES string of the molecule is Cc1cc(C)c(CNC(=O)Cn2c(=O)[nH]c3ccccc32)c(=O)[nH]1. The molecule has 1 aromatic carbocycles. The lowest BCUT2D eigenvalue weighted by Crippen LogP contribution is -2.33. The molecule has 0 unspecified atom stereocenters. The van der Waals surface area contributed by atoms with Crippen LogP contribution in [0.5, 0.6) is 0 Å². The number of aromatic amines is 2. The number of nitrogens with zero attached hydrogens (tertiary/aromatic N) is 1. The zero-order chi connectivity index (χ0) is 17.3. The van der Waals surface area contributed by atoms with Crippen LogP contribution < -0.4 is 16.6 Å². The van der Waals surface area contributed by atoms with Crippen LogP contribution in [0.15, 0.2) is 39.9 Å². The van der Waals surface area contributed by atoms with E-state index in [2.05, 4.69) is 15.3 Å². The van der Waals surface area contributed by atoms with E-state index in [0.717, 1.165) is 11.3 Å². The van der Waals surface area contributed by atoms with Gasteiger partial charge >= 0.3 is 5.69 Å². The predicted octanol–water partition coefficient (Wildman–Crippen LogP) is 0.951. The summed E-state index contributed by atoms with van der Waals surface area (Å²) in [5, 5.41) is 2.70. The van der Waals surface area contributed by atoms with Crippen molar-refractivity contribution in [3.8, 4) is 0 Å². The van der Waals surface area contributed by atoms with Gasteiger partial charge in [0.15, 0.2) is 0 Å². The van der Waals surface area contributed by atoms with Crippen molar-refractivity contribution in [3.05, 3.63) is 68.0 Å². The van der Waals surface area contributed by atoms with E-state index in [4.69, 9.17) is 0 Å². The molecule has 124 valence electrons. The maximum atomic E-state index is 12.2. The van der Waals surface area contributed by atoms with Crippen LogP contribution in [0.1, 0.15) is 16.8 Å². The molecule has 1 amide bonds. The smallest absolute Gasteiger partial charge is 0.326 e. The minimum Gasteiger partial charge on any atom is -0.350 e. The topological polar surface area (TPSA) is 99.8 Å². The van der Waals surface area contributed by atoms with Gasteiger partial charge in [0.2, 0.25) is 5.91 Å². The largest absolute Gasteiger partial charge is 0.350 e. The van der Waals surface area contributed by atoms with E-state index in [9.17, 15) is 14.4 Å². The fourth-order valence-electron chi connectivity index (χ4n) is 2.75. The lowest BCUT2D eigenvalue weighted by Gasteiger charge is -2.08. The molecule has 0 aliphatic carbocycles. The zero-order valence-corrected chi connectivity index (χ0v) is 13.5. The number of H-pyrrole nitrogens is 2. The molecule has 3 N–H and O–H groups in total. The van der Waals surface area contributed by atoms with Crippen molar-refractivity contribution in [2.75, 3.05) is 0 Å². The number of carbonyl (C=O) groups is 1. The van der Waals surface area contributed by atoms with Crippen LogP contribution in [0.25, 0.3) is 11.0 Å². The fourth-order valence-corrected chi connectivity index (χ4v) is 2.75. The van der Waals surface area contributed by atoms with Gasteiger partial charge in [-0.25, -0.2) is 4.79 Å². The number of carbonyl (C=O) groups excluding carboxylic acids is 1. The Morgan fingerprint density at radius 3 is 2.67 bits per heavy atom. The summed E-state index contributed by atoms with van der Waals surface area (Å²) in [5.41, 5.74) is 2.91. The van der Waals surface area contributed by atoms with Crippen molar-refractivity contribution >= 4 is 16.9 Å². The molecule has 0 bridgehead atoms. The molecule has 0 aliphatic rings. The van der Waals surface area contributed by atoms with Gasteiger partial charge < -0.3 is 15.3 Å².